The first-order valence-electron chi connectivity index (χ1n) is 10.6. The standard InChI is InChI=1S/C23H25Cl2FN2O3S/c1-32(30,31)27-9-7-19(8-10-27)28-11-6-16(23(28)29)12-20-21(24)13-17(14-22(20)25)15-2-4-18(26)5-3-15/h2-5,13-14,16,19H,6-12H2,1H3. The van der Waals surface area contributed by atoms with Gasteiger partial charge in [-0.1, -0.05) is 35.3 Å². The monoisotopic (exact) mass is 498 g/mol. The van der Waals surface area contributed by atoms with E-state index in [1.807, 2.05) is 4.90 Å². The third-order valence-corrected chi connectivity index (χ3v) is 8.43. The van der Waals surface area contributed by atoms with Crippen LogP contribution in [-0.2, 0) is 21.2 Å². The van der Waals surface area contributed by atoms with E-state index >= 15 is 0 Å². The number of rotatable bonds is 5. The first kappa shape index (κ1) is 23.5. The van der Waals surface area contributed by atoms with Gasteiger partial charge in [-0.2, -0.15) is 0 Å². The summed E-state index contributed by atoms with van der Waals surface area (Å²) in [5, 5.41) is 0.981. The molecule has 2 fully saturated rings. The predicted molar refractivity (Wildman–Crippen MR) is 125 cm³/mol. The van der Waals surface area contributed by atoms with E-state index in [0.717, 1.165) is 23.1 Å². The lowest BCUT2D eigenvalue weighted by Gasteiger charge is -2.35. The molecule has 0 spiro atoms. The molecule has 2 aromatic carbocycles. The summed E-state index contributed by atoms with van der Waals surface area (Å²) in [7, 11) is -3.19. The van der Waals surface area contributed by atoms with E-state index < -0.39 is 10.0 Å². The zero-order valence-electron chi connectivity index (χ0n) is 17.7. The number of hydrogen-bond donors (Lipinski definition) is 0. The van der Waals surface area contributed by atoms with Crippen LogP contribution in [0.4, 0.5) is 4.39 Å². The number of halogens is 3. The van der Waals surface area contributed by atoms with Crippen LogP contribution in [0.15, 0.2) is 36.4 Å². The second-order valence-electron chi connectivity index (χ2n) is 8.54. The molecule has 1 unspecified atom stereocenters. The molecule has 4 rings (SSSR count). The summed E-state index contributed by atoms with van der Waals surface area (Å²) in [6, 6.07) is 9.78. The minimum atomic E-state index is -3.19. The van der Waals surface area contributed by atoms with Crippen molar-refractivity contribution in [1.82, 2.24) is 9.21 Å². The quantitative estimate of drug-likeness (QED) is 0.604. The molecule has 2 aliphatic rings. The lowest BCUT2D eigenvalue weighted by atomic mass is 9.95. The van der Waals surface area contributed by atoms with Crippen LogP contribution in [0.1, 0.15) is 24.8 Å². The third kappa shape index (κ3) is 4.96. The van der Waals surface area contributed by atoms with Crippen molar-refractivity contribution in [1.29, 1.82) is 0 Å². The van der Waals surface area contributed by atoms with Crippen LogP contribution in [0.25, 0.3) is 11.1 Å². The number of benzene rings is 2. The Hall–Kier alpha value is -1.67. The molecule has 0 N–H and O–H groups in total. The number of carbonyl (C=O) groups is 1. The van der Waals surface area contributed by atoms with Crippen LogP contribution >= 0.6 is 23.2 Å². The Kier molecular flexibility index (Phi) is 6.82. The molecule has 0 radical (unpaired) electrons. The molecule has 0 bridgehead atoms. The summed E-state index contributed by atoms with van der Waals surface area (Å²) in [6.45, 7) is 1.55. The van der Waals surface area contributed by atoms with Gasteiger partial charge >= 0.3 is 0 Å². The largest absolute Gasteiger partial charge is 0.339 e. The van der Waals surface area contributed by atoms with Gasteiger partial charge in [0.1, 0.15) is 5.82 Å². The highest BCUT2D eigenvalue weighted by Crippen LogP contribution is 2.36. The Balaban J connectivity index is 1.44. The normalized spacial score (nSPS) is 20.8. The highest BCUT2D eigenvalue weighted by Gasteiger charge is 2.38. The smallest absolute Gasteiger partial charge is 0.226 e. The van der Waals surface area contributed by atoms with Crippen molar-refractivity contribution in [2.24, 2.45) is 5.92 Å². The van der Waals surface area contributed by atoms with Crippen molar-refractivity contribution < 1.29 is 17.6 Å². The zero-order chi connectivity index (χ0) is 23.0. The highest BCUT2D eigenvalue weighted by molar-refractivity contribution is 7.88. The van der Waals surface area contributed by atoms with Crippen molar-refractivity contribution in [3.63, 3.8) is 0 Å². The average Bonchev–Trinajstić information content (AvgIpc) is 3.10. The minimum Gasteiger partial charge on any atom is -0.339 e. The molecule has 172 valence electrons. The van der Waals surface area contributed by atoms with Gasteiger partial charge in [-0.15, -0.1) is 0 Å². The maximum atomic E-state index is 13.2. The zero-order valence-corrected chi connectivity index (χ0v) is 20.1. The van der Waals surface area contributed by atoms with Crippen molar-refractivity contribution >= 4 is 39.1 Å². The van der Waals surface area contributed by atoms with Gasteiger partial charge in [-0.25, -0.2) is 17.1 Å². The summed E-state index contributed by atoms with van der Waals surface area (Å²) in [5.74, 6) is -0.430. The summed E-state index contributed by atoms with van der Waals surface area (Å²) in [6.07, 6.45) is 3.70. The molecule has 2 aliphatic heterocycles. The Morgan fingerprint density at radius 3 is 2.12 bits per heavy atom. The molecule has 2 saturated heterocycles. The molecule has 0 aromatic heterocycles. The maximum absolute atomic E-state index is 13.2. The molecular weight excluding hydrogens is 474 g/mol. The number of sulfonamides is 1. The van der Waals surface area contributed by atoms with Crippen molar-refractivity contribution in [2.75, 3.05) is 25.9 Å². The van der Waals surface area contributed by atoms with Gasteiger partial charge < -0.3 is 4.90 Å². The van der Waals surface area contributed by atoms with Crippen molar-refractivity contribution in [3.8, 4) is 11.1 Å². The minimum absolute atomic E-state index is 0.0669. The topological polar surface area (TPSA) is 57.7 Å². The van der Waals surface area contributed by atoms with Crippen molar-refractivity contribution in [3.05, 3.63) is 57.8 Å². The van der Waals surface area contributed by atoms with Gasteiger partial charge in [0, 0.05) is 41.6 Å². The number of hydrogen-bond acceptors (Lipinski definition) is 3. The number of likely N-dealkylation sites (tertiary alicyclic amines) is 1. The van der Waals surface area contributed by atoms with Gasteiger partial charge in [0.15, 0.2) is 0 Å². The number of amides is 1. The highest BCUT2D eigenvalue weighted by atomic mass is 35.5. The van der Waals surface area contributed by atoms with Crippen LogP contribution in [0.5, 0.6) is 0 Å². The molecule has 1 amide bonds. The Bertz CT molecular complexity index is 1090. The van der Waals surface area contributed by atoms with Crippen LogP contribution in [0.3, 0.4) is 0 Å². The lowest BCUT2D eigenvalue weighted by Crippen LogP contribution is -2.47. The van der Waals surface area contributed by atoms with E-state index in [-0.39, 0.29) is 23.7 Å². The Morgan fingerprint density at radius 1 is 0.969 bits per heavy atom. The van der Waals surface area contributed by atoms with Gasteiger partial charge in [0.25, 0.3) is 0 Å². The fraction of sp³-hybridized carbons (Fsp3) is 0.435. The lowest BCUT2D eigenvalue weighted by molar-refractivity contribution is -0.133. The first-order valence-corrected chi connectivity index (χ1v) is 13.2. The second-order valence-corrected chi connectivity index (χ2v) is 11.3. The molecule has 2 aromatic rings. The summed E-state index contributed by atoms with van der Waals surface area (Å²) in [5.41, 5.74) is 2.34. The first-order chi connectivity index (χ1) is 15.1. The Labute approximate surface area is 198 Å². The fourth-order valence-electron chi connectivity index (χ4n) is 4.65. The van der Waals surface area contributed by atoms with Crippen LogP contribution in [0.2, 0.25) is 10.0 Å². The SMILES string of the molecule is CS(=O)(=O)N1CCC(N2CCC(Cc3c(Cl)cc(-c4ccc(F)cc4)cc3Cl)C2=O)CC1. The number of piperidine rings is 1. The molecule has 32 heavy (non-hydrogen) atoms. The van der Waals surface area contributed by atoms with Gasteiger partial charge in [0.05, 0.1) is 6.26 Å². The molecule has 0 saturated carbocycles. The molecular formula is C23H25Cl2FN2O3S. The third-order valence-electron chi connectivity index (χ3n) is 6.45. The van der Waals surface area contributed by atoms with Crippen LogP contribution in [-0.4, -0.2) is 55.5 Å². The summed E-state index contributed by atoms with van der Waals surface area (Å²) < 4.78 is 38.1. The fourth-order valence-corrected chi connectivity index (χ4v) is 6.17. The second kappa shape index (κ2) is 9.29. The van der Waals surface area contributed by atoms with Gasteiger partial charge in [-0.05, 0) is 66.6 Å². The molecule has 1 atom stereocenters. The van der Waals surface area contributed by atoms with E-state index in [0.29, 0.717) is 48.9 Å². The van der Waals surface area contributed by atoms with Crippen LogP contribution in [0, 0.1) is 11.7 Å². The average molecular weight is 499 g/mol. The summed E-state index contributed by atoms with van der Waals surface area (Å²) in [4.78, 5) is 15.0. The maximum Gasteiger partial charge on any atom is 0.226 e. The van der Waals surface area contributed by atoms with E-state index in [1.165, 1.54) is 22.7 Å². The number of carbonyl (C=O) groups excluding carboxylic acids is 1. The predicted octanol–water partition coefficient (Wildman–Crippen LogP) is 4.61. The molecule has 2 heterocycles. The van der Waals surface area contributed by atoms with E-state index in [2.05, 4.69) is 0 Å². The van der Waals surface area contributed by atoms with E-state index in [9.17, 15) is 17.6 Å². The van der Waals surface area contributed by atoms with E-state index in [1.54, 1.807) is 24.3 Å². The van der Waals surface area contributed by atoms with E-state index in [4.69, 9.17) is 23.2 Å². The molecule has 9 heteroatoms. The van der Waals surface area contributed by atoms with Crippen molar-refractivity contribution in [2.45, 2.75) is 31.7 Å². The summed E-state index contributed by atoms with van der Waals surface area (Å²) >= 11 is 13.1. The molecule has 5 nitrogen and oxygen atoms in total. The number of nitrogens with zero attached hydrogens (tertiary/aromatic N) is 2. The van der Waals surface area contributed by atoms with Gasteiger partial charge in [0.2, 0.25) is 15.9 Å². The van der Waals surface area contributed by atoms with Crippen LogP contribution < -0.4 is 0 Å². The molecule has 0 aliphatic carbocycles. The Morgan fingerprint density at radius 2 is 1.56 bits per heavy atom. The van der Waals surface area contributed by atoms with Gasteiger partial charge in [-0.3, -0.25) is 4.79 Å².